The average Bonchev–Trinajstić information content (AvgIpc) is 2.65. The second-order valence-corrected chi connectivity index (χ2v) is 7.36. The molecule has 1 heteroatoms. The highest BCUT2D eigenvalue weighted by atomic mass is 127. The molecular weight excluding hydrogens is 403 g/mol. The molecule has 0 radical (unpaired) electrons. The van der Waals surface area contributed by atoms with Gasteiger partial charge in [-0.25, -0.2) is 0 Å². The minimum atomic E-state index is -0.116. The van der Waals surface area contributed by atoms with Gasteiger partial charge in [0, 0.05) is 5.41 Å². The zero-order chi connectivity index (χ0) is 16.8. The van der Waals surface area contributed by atoms with Crippen molar-refractivity contribution < 1.29 is 0 Å². The van der Waals surface area contributed by atoms with Gasteiger partial charge in [0.05, 0.1) is 0 Å². The van der Waals surface area contributed by atoms with E-state index in [1.165, 1.54) is 23.1 Å². The number of alkyl halides is 1. The zero-order valence-corrected chi connectivity index (χ0v) is 16.2. The van der Waals surface area contributed by atoms with E-state index in [4.69, 9.17) is 0 Å². The summed E-state index contributed by atoms with van der Waals surface area (Å²) in [4.78, 5) is 0. The van der Waals surface area contributed by atoms with Gasteiger partial charge < -0.3 is 0 Å². The molecule has 0 fully saturated rings. The zero-order valence-electron chi connectivity index (χ0n) is 14.0. The maximum absolute atomic E-state index is 2.50. The Hall–Kier alpha value is -1.61. The first-order chi connectivity index (χ1) is 11.8. The fourth-order valence-corrected chi connectivity index (χ4v) is 4.77. The van der Waals surface area contributed by atoms with Gasteiger partial charge >= 0.3 is 0 Å². The summed E-state index contributed by atoms with van der Waals surface area (Å²) in [5.41, 5.74) is 4.01. The van der Waals surface area contributed by atoms with E-state index in [1.54, 1.807) is 0 Å². The number of hydrogen-bond acceptors (Lipinski definition) is 0. The van der Waals surface area contributed by atoms with Crippen molar-refractivity contribution in [2.75, 3.05) is 4.43 Å². The van der Waals surface area contributed by atoms with Crippen molar-refractivity contribution in [2.45, 2.75) is 18.8 Å². The monoisotopic (exact) mass is 426 g/mol. The van der Waals surface area contributed by atoms with Crippen LogP contribution in [0, 0.1) is 5.92 Å². The third kappa shape index (κ3) is 3.14. The van der Waals surface area contributed by atoms with Crippen LogP contribution in [0.4, 0.5) is 0 Å². The van der Waals surface area contributed by atoms with Crippen molar-refractivity contribution in [3.63, 3.8) is 0 Å². The van der Waals surface area contributed by atoms with Crippen LogP contribution in [0.15, 0.2) is 91.0 Å². The molecule has 0 amide bonds. The Morgan fingerprint density at radius 2 is 1.00 bits per heavy atom. The van der Waals surface area contributed by atoms with Crippen molar-refractivity contribution in [3.05, 3.63) is 108 Å². The lowest BCUT2D eigenvalue weighted by Gasteiger charge is -2.41. The van der Waals surface area contributed by atoms with Crippen molar-refractivity contribution in [3.8, 4) is 0 Å². The summed E-state index contributed by atoms with van der Waals surface area (Å²) >= 11 is 2.50. The molecule has 0 spiro atoms. The molecule has 24 heavy (non-hydrogen) atoms. The normalized spacial score (nSPS) is 12.8. The smallest absolute Gasteiger partial charge is 0.0477 e. The van der Waals surface area contributed by atoms with Crippen LogP contribution >= 0.6 is 22.6 Å². The number of rotatable bonds is 6. The van der Waals surface area contributed by atoms with Crippen molar-refractivity contribution in [1.29, 1.82) is 0 Å². The van der Waals surface area contributed by atoms with Crippen molar-refractivity contribution >= 4 is 22.6 Å². The van der Waals surface area contributed by atoms with E-state index < -0.39 is 0 Å². The van der Waals surface area contributed by atoms with E-state index in [0.717, 1.165) is 4.43 Å². The van der Waals surface area contributed by atoms with Crippen LogP contribution in [0.1, 0.15) is 30.0 Å². The quantitative estimate of drug-likeness (QED) is 0.240. The molecule has 3 aromatic carbocycles. The summed E-state index contributed by atoms with van der Waals surface area (Å²) in [5.74, 6) is 0.501. The molecule has 1 unspecified atom stereocenters. The second-order valence-electron chi connectivity index (χ2n) is 6.28. The Morgan fingerprint density at radius 1 is 0.667 bits per heavy atom. The summed E-state index contributed by atoms with van der Waals surface area (Å²) in [6, 6.07) is 33.0. The molecule has 0 nitrogen and oxygen atoms in total. The third-order valence-electron chi connectivity index (χ3n) is 4.97. The number of benzene rings is 3. The summed E-state index contributed by atoms with van der Waals surface area (Å²) < 4.78 is 1.16. The van der Waals surface area contributed by atoms with Gasteiger partial charge in [-0.1, -0.05) is 121 Å². The van der Waals surface area contributed by atoms with Gasteiger partial charge in [-0.2, -0.15) is 0 Å². The molecule has 0 saturated carbocycles. The van der Waals surface area contributed by atoms with E-state index in [-0.39, 0.29) is 5.41 Å². The minimum Gasteiger partial charge on any atom is -0.0864 e. The molecule has 0 heterocycles. The predicted octanol–water partition coefficient (Wildman–Crippen LogP) is 6.48. The summed E-state index contributed by atoms with van der Waals surface area (Å²) in [6.07, 6.45) is 1.18. The Morgan fingerprint density at radius 3 is 1.29 bits per heavy atom. The average molecular weight is 426 g/mol. The van der Waals surface area contributed by atoms with E-state index in [2.05, 4.69) is 121 Å². The number of hydrogen-bond donors (Lipinski definition) is 0. The molecule has 0 bridgehead atoms. The maximum atomic E-state index is 2.50. The molecular formula is C23H23I. The summed E-state index contributed by atoms with van der Waals surface area (Å²) in [5, 5.41) is 0. The van der Waals surface area contributed by atoms with Crippen LogP contribution in [0.5, 0.6) is 0 Å². The topological polar surface area (TPSA) is 0 Å². The van der Waals surface area contributed by atoms with Crippen LogP contribution in [-0.4, -0.2) is 4.43 Å². The van der Waals surface area contributed by atoms with Crippen molar-refractivity contribution in [2.24, 2.45) is 5.92 Å². The highest BCUT2D eigenvalue weighted by molar-refractivity contribution is 14.1. The first-order valence-electron chi connectivity index (χ1n) is 8.52. The largest absolute Gasteiger partial charge is 0.0864 e. The molecule has 1 atom stereocenters. The predicted molar refractivity (Wildman–Crippen MR) is 112 cm³/mol. The molecule has 0 saturated heterocycles. The third-order valence-corrected chi connectivity index (χ3v) is 5.59. The summed E-state index contributed by atoms with van der Waals surface area (Å²) in [6.45, 7) is 2.39. The molecule has 0 aliphatic carbocycles. The van der Waals surface area contributed by atoms with Crippen LogP contribution in [0.3, 0.4) is 0 Å². The lowest BCUT2D eigenvalue weighted by molar-refractivity contribution is 0.396. The molecule has 3 rings (SSSR count). The fourth-order valence-electron chi connectivity index (χ4n) is 3.84. The van der Waals surface area contributed by atoms with Gasteiger partial charge in [-0.15, -0.1) is 0 Å². The Labute approximate surface area is 159 Å². The second kappa shape index (κ2) is 7.98. The first-order valence-corrected chi connectivity index (χ1v) is 10.0. The van der Waals surface area contributed by atoms with Crippen LogP contribution in [0.2, 0.25) is 0 Å². The SMILES string of the molecule is CC(CCI)C(c1ccccc1)(c1ccccc1)c1ccccc1. The highest BCUT2D eigenvalue weighted by Crippen LogP contribution is 2.46. The van der Waals surface area contributed by atoms with E-state index in [9.17, 15) is 0 Å². The van der Waals surface area contributed by atoms with Gasteiger partial charge in [-0.05, 0) is 33.5 Å². The first kappa shape index (κ1) is 17.2. The summed E-state index contributed by atoms with van der Waals surface area (Å²) in [7, 11) is 0. The van der Waals surface area contributed by atoms with E-state index in [1.807, 2.05) is 0 Å². The molecule has 0 aliphatic heterocycles. The van der Waals surface area contributed by atoms with Crippen LogP contribution in [0.25, 0.3) is 0 Å². The maximum Gasteiger partial charge on any atom is 0.0477 e. The van der Waals surface area contributed by atoms with E-state index >= 15 is 0 Å². The standard InChI is InChI=1S/C23H23I/c1-19(17-18-24)23(20-11-5-2-6-12-20,21-13-7-3-8-14-21)22-15-9-4-10-16-22/h2-16,19H,17-18H2,1H3. The fraction of sp³-hybridized carbons (Fsp3) is 0.217. The lowest BCUT2D eigenvalue weighted by Crippen LogP contribution is -2.36. The highest BCUT2D eigenvalue weighted by Gasteiger charge is 2.40. The molecule has 122 valence electrons. The van der Waals surface area contributed by atoms with Crippen LogP contribution < -0.4 is 0 Å². The van der Waals surface area contributed by atoms with Gasteiger partial charge in [0.15, 0.2) is 0 Å². The molecule has 0 aromatic heterocycles. The molecule has 3 aromatic rings. The minimum absolute atomic E-state index is 0.116. The molecule has 0 N–H and O–H groups in total. The van der Waals surface area contributed by atoms with E-state index in [0.29, 0.717) is 5.92 Å². The Bertz CT molecular complexity index is 638. The van der Waals surface area contributed by atoms with Crippen LogP contribution in [-0.2, 0) is 5.41 Å². The van der Waals surface area contributed by atoms with Crippen molar-refractivity contribution in [1.82, 2.24) is 0 Å². The Kier molecular flexibility index (Phi) is 5.72. The van der Waals surface area contributed by atoms with Gasteiger partial charge in [0.1, 0.15) is 0 Å². The lowest BCUT2D eigenvalue weighted by atomic mass is 9.61. The van der Waals surface area contributed by atoms with Gasteiger partial charge in [0.2, 0.25) is 0 Å². The van der Waals surface area contributed by atoms with Gasteiger partial charge in [-0.3, -0.25) is 0 Å². The Balaban J connectivity index is 2.33. The van der Waals surface area contributed by atoms with Gasteiger partial charge in [0.25, 0.3) is 0 Å². The number of halogens is 1. The molecule has 0 aliphatic rings.